The molecular formula is C19H20ClNO3. The predicted molar refractivity (Wildman–Crippen MR) is 95.6 cm³/mol. The topological polar surface area (TPSA) is 55.4 Å². The molecule has 2 aromatic rings. The Balaban J connectivity index is 2.08. The number of rotatable bonds is 4. The third-order valence-electron chi connectivity index (χ3n) is 3.67. The van der Waals surface area contributed by atoms with Crippen molar-refractivity contribution in [2.45, 2.75) is 33.8 Å². The van der Waals surface area contributed by atoms with Crippen molar-refractivity contribution in [3.8, 4) is 0 Å². The number of carbonyl (C=O) groups is 2. The Morgan fingerprint density at radius 3 is 2.25 bits per heavy atom. The van der Waals surface area contributed by atoms with Crippen molar-refractivity contribution in [3.05, 3.63) is 63.7 Å². The van der Waals surface area contributed by atoms with E-state index in [1.165, 1.54) is 6.92 Å². The lowest BCUT2D eigenvalue weighted by atomic mass is 10.0. The van der Waals surface area contributed by atoms with Crippen LogP contribution in [-0.2, 0) is 9.53 Å². The Morgan fingerprint density at radius 2 is 1.67 bits per heavy atom. The van der Waals surface area contributed by atoms with E-state index in [-0.39, 0.29) is 11.5 Å². The van der Waals surface area contributed by atoms with Gasteiger partial charge in [0.05, 0.1) is 10.6 Å². The first kappa shape index (κ1) is 18.0. The zero-order valence-electron chi connectivity index (χ0n) is 14.1. The molecule has 1 N–H and O–H groups in total. The molecule has 0 aliphatic rings. The molecular weight excluding hydrogens is 326 g/mol. The lowest BCUT2D eigenvalue weighted by Gasteiger charge is -2.17. The second-order valence-electron chi connectivity index (χ2n) is 5.79. The number of esters is 1. The number of hydrogen-bond donors (Lipinski definition) is 1. The highest BCUT2D eigenvalue weighted by Gasteiger charge is 2.21. The van der Waals surface area contributed by atoms with Gasteiger partial charge in [0, 0.05) is 5.69 Å². The second-order valence-corrected chi connectivity index (χ2v) is 6.20. The van der Waals surface area contributed by atoms with Gasteiger partial charge in [-0.3, -0.25) is 4.79 Å². The third-order valence-corrected chi connectivity index (χ3v) is 4.00. The Bertz CT molecular complexity index is 763. The van der Waals surface area contributed by atoms with Crippen LogP contribution in [0.3, 0.4) is 0 Å². The fourth-order valence-electron chi connectivity index (χ4n) is 2.51. The highest BCUT2D eigenvalue weighted by atomic mass is 35.5. The summed E-state index contributed by atoms with van der Waals surface area (Å²) in [4.78, 5) is 24.5. The molecule has 0 aliphatic heterocycles. The van der Waals surface area contributed by atoms with Crippen molar-refractivity contribution in [3.63, 3.8) is 0 Å². The monoisotopic (exact) mass is 345 g/mol. The summed E-state index contributed by atoms with van der Waals surface area (Å²) in [5.41, 5.74) is 4.03. The fraction of sp³-hybridized carbons (Fsp3) is 0.263. The van der Waals surface area contributed by atoms with Gasteiger partial charge in [-0.2, -0.15) is 0 Å². The largest absolute Gasteiger partial charge is 0.449 e. The number of carbonyl (C=O) groups excluding carboxylic acids is 2. The summed E-state index contributed by atoms with van der Waals surface area (Å²) in [6.45, 7) is 7.38. The van der Waals surface area contributed by atoms with E-state index in [2.05, 4.69) is 5.32 Å². The van der Waals surface area contributed by atoms with E-state index in [9.17, 15) is 9.59 Å². The Kier molecular flexibility index (Phi) is 5.62. The molecule has 0 spiro atoms. The molecule has 0 heterocycles. The van der Waals surface area contributed by atoms with Gasteiger partial charge in [-0.15, -0.1) is 0 Å². The van der Waals surface area contributed by atoms with Crippen LogP contribution in [0.25, 0.3) is 0 Å². The predicted octanol–water partition coefficient (Wildman–Crippen LogP) is 4.45. The van der Waals surface area contributed by atoms with E-state index >= 15 is 0 Å². The van der Waals surface area contributed by atoms with Gasteiger partial charge in [-0.05, 0) is 51.0 Å². The van der Waals surface area contributed by atoms with Crippen molar-refractivity contribution < 1.29 is 14.3 Å². The average molecular weight is 346 g/mol. The van der Waals surface area contributed by atoms with Crippen molar-refractivity contribution in [1.29, 1.82) is 0 Å². The van der Waals surface area contributed by atoms with Gasteiger partial charge in [-0.1, -0.05) is 41.4 Å². The van der Waals surface area contributed by atoms with Gasteiger partial charge in [0.15, 0.2) is 6.10 Å². The molecule has 126 valence electrons. The minimum atomic E-state index is -0.936. The minimum Gasteiger partial charge on any atom is -0.449 e. The van der Waals surface area contributed by atoms with E-state index in [4.69, 9.17) is 16.3 Å². The molecule has 0 fully saturated rings. The van der Waals surface area contributed by atoms with Crippen LogP contribution in [0.5, 0.6) is 0 Å². The van der Waals surface area contributed by atoms with E-state index in [1.807, 2.05) is 32.9 Å². The highest BCUT2D eigenvalue weighted by Crippen LogP contribution is 2.22. The Labute approximate surface area is 146 Å². The first-order chi connectivity index (χ1) is 11.3. The summed E-state index contributed by atoms with van der Waals surface area (Å²) in [6, 6.07) is 10.5. The quantitative estimate of drug-likeness (QED) is 0.833. The van der Waals surface area contributed by atoms with Crippen LogP contribution in [0.2, 0.25) is 5.02 Å². The van der Waals surface area contributed by atoms with Gasteiger partial charge in [0.25, 0.3) is 5.91 Å². The van der Waals surface area contributed by atoms with Crippen LogP contribution >= 0.6 is 11.6 Å². The number of benzene rings is 2. The van der Waals surface area contributed by atoms with Crippen LogP contribution in [-0.4, -0.2) is 18.0 Å². The smallest absolute Gasteiger partial charge is 0.340 e. The first-order valence-electron chi connectivity index (χ1n) is 7.64. The lowest BCUT2D eigenvalue weighted by Crippen LogP contribution is -2.30. The lowest BCUT2D eigenvalue weighted by molar-refractivity contribution is -0.123. The summed E-state index contributed by atoms with van der Waals surface area (Å²) in [7, 11) is 0. The number of ether oxygens (including phenoxy) is 1. The van der Waals surface area contributed by atoms with Crippen LogP contribution in [0.1, 0.15) is 34.0 Å². The van der Waals surface area contributed by atoms with Crippen molar-refractivity contribution in [2.75, 3.05) is 5.32 Å². The summed E-state index contributed by atoms with van der Waals surface area (Å²) in [5, 5.41) is 3.12. The molecule has 0 aliphatic carbocycles. The molecule has 2 rings (SSSR count). The normalized spacial score (nSPS) is 11.7. The maximum absolute atomic E-state index is 12.3. The van der Waals surface area contributed by atoms with Gasteiger partial charge >= 0.3 is 5.97 Å². The zero-order valence-corrected chi connectivity index (χ0v) is 14.9. The molecule has 0 aromatic heterocycles. The van der Waals surface area contributed by atoms with E-state index in [1.54, 1.807) is 24.3 Å². The maximum Gasteiger partial charge on any atom is 0.340 e. The number of anilines is 1. The van der Waals surface area contributed by atoms with Gasteiger partial charge in [0.1, 0.15) is 0 Å². The molecule has 0 radical (unpaired) electrons. The summed E-state index contributed by atoms with van der Waals surface area (Å²) < 4.78 is 5.22. The molecule has 5 heteroatoms. The molecule has 0 saturated carbocycles. The van der Waals surface area contributed by atoms with E-state index in [0.717, 1.165) is 22.4 Å². The summed E-state index contributed by atoms with van der Waals surface area (Å²) in [6.07, 6.45) is -0.936. The van der Waals surface area contributed by atoms with E-state index < -0.39 is 12.1 Å². The first-order valence-corrected chi connectivity index (χ1v) is 8.01. The Morgan fingerprint density at radius 1 is 1.08 bits per heavy atom. The SMILES string of the molecule is Cc1cc(C)c(NC(=O)[C@@H](C)OC(=O)c2ccccc2Cl)c(C)c1. The van der Waals surface area contributed by atoms with Crippen molar-refractivity contribution in [2.24, 2.45) is 0 Å². The van der Waals surface area contributed by atoms with Crippen molar-refractivity contribution in [1.82, 2.24) is 0 Å². The number of hydrogen-bond acceptors (Lipinski definition) is 3. The van der Waals surface area contributed by atoms with Crippen LogP contribution < -0.4 is 5.32 Å². The van der Waals surface area contributed by atoms with Gasteiger partial charge in [-0.25, -0.2) is 4.79 Å². The van der Waals surface area contributed by atoms with Gasteiger partial charge in [0.2, 0.25) is 0 Å². The van der Waals surface area contributed by atoms with Crippen LogP contribution in [0, 0.1) is 20.8 Å². The number of nitrogens with one attached hydrogen (secondary N) is 1. The molecule has 24 heavy (non-hydrogen) atoms. The number of halogens is 1. The van der Waals surface area contributed by atoms with Crippen LogP contribution in [0.15, 0.2) is 36.4 Å². The molecule has 1 amide bonds. The molecule has 0 unspecified atom stereocenters. The van der Waals surface area contributed by atoms with Crippen LogP contribution in [0.4, 0.5) is 5.69 Å². The Hall–Kier alpha value is -2.33. The van der Waals surface area contributed by atoms with E-state index in [0.29, 0.717) is 5.02 Å². The number of amides is 1. The third kappa shape index (κ3) is 4.15. The zero-order chi connectivity index (χ0) is 17.9. The molecule has 4 nitrogen and oxygen atoms in total. The maximum atomic E-state index is 12.3. The van der Waals surface area contributed by atoms with Gasteiger partial charge < -0.3 is 10.1 Å². The number of aryl methyl sites for hydroxylation is 3. The van der Waals surface area contributed by atoms with Crippen molar-refractivity contribution >= 4 is 29.2 Å². The highest BCUT2D eigenvalue weighted by molar-refractivity contribution is 6.33. The minimum absolute atomic E-state index is 0.238. The summed E-state index contributed by atoms with van der Waals surface area (Å²) >= 11 is 5.97. The molecule has 2 aromatic carbocycles. The summed E-state index contributed by atoms with van der Waals surface area (Å²) in [5.74, 6) is -1.01. The second kappa shape index (κ2) is 7.49. The molecule has 0 bridgehead atoms. The molecule has 1 atom stereocenters. The average Bonchev–Trinajstić information content (AvgIpc) is 2.50. The molecule has 0 saturated heterocycles. The fourth-order valence-corrected chi connectivity index (χ4v) is 2.72. The standard InChI is InChI=1S/C19H20ClNO3/c1-11-9-12(2)17(13(3)10-11)21-18(22)14(4)24-19(23)15-7-5-6-8-16(15)20/h5-10,14H,1-4H3,(H,21,22)/t14-/m1/s1.